The van der Waals surface area contributed by atoms with E-state index in [4.69, 9.17) is 9.47 Å². The lowest BCUT2D eigenvalue weighted by Crippen LogP contribution is -2.33. The minimum absolute atomic E-state index is 0.184. The summed E-state index contributed by atoms with van der Waals surface area (Å²) >= 11 is 0. The second-order valence-corrected chi connectivity index (χ2v) is 4.72. The van der Waals surface area contributed by atoms with E-state index in [2.05, 4.69) is 5.32 Å². The molecule has 0 saturated heterocycles. The molecule has 1 aliphatic rings. The van der Waals surface area contributed by atoms with Gasteiger partial charge < -0.3 is 19.9 Å². The monoisotopic (exact) mass is 265 g/mol. The average molecular weight is 265 g/mol. The van der Waals surface area contributed by atoms with Gasteiger partial charge in [-0.1, -0.05) is 6.07 Å². The van der Waals surface area contributed by atoms with Gasteiger partial charge in [0.05, 0.1) is 0 Å². The van der Waals surface area contributed by atoms with Crippen LogP contribution in [0.25, 0.3) is 0 Å². The molecule has 2 rings (SSSR count). The van der Waals surface area contributed by atoms with Crippen LogP contribution < -0.4 is 5.32 Å². The number of nitrogens with one attached hydrogen (secondary N) is 1. The van der Waals surface area contributed by atoms with Crippen molar-refractivity contribution >= 4 is 0 Å². The van der Waals surface area contributed by atoms with Crippen LogP contribution in [-0.4, -0.2) is 31.2 Å². The number of ether oxygens (including phenoxy) is 2. The lowest BCUT2D eigenvalue weighted by Gasteiger charge is -2.21. The Morgan fingerprint density at radius 2 is 2.05 bits per heavy atom. The zero-order chi connectivity index (χ0) is 13.7. The molecule has 1 unspecified atom stereocenters. The highest BCUT2D eigenvalue weighted by atomic mass is 16.7. The second kappa shape index (κ2) is 6.89. The number of benzene rings is 1. The van der Waals surface area contributed by atoms with Gasteiger partial charge in [-0.05, 0) is 49.9 Å². The number of hydrogen-bond acceptors (Lipinski definition) is 4. The van der Waals surface area contributed by atoms with Crippen LogP contribution in [0.4, 0.5) is 0 Å². The Kier molecular flexibility index (Phi) is 5.19. The van der Waals surface area contributed by atoms with Crippen LogP contribution in [-0.2, 0) is 15.9 Å². The standard InChI is InChI=1S/C15H23NO3/c1-3-18-15(19-4-2)10-16-14-8-5-11-9-12(17)6-7-13(11)14/h6-7,9,14-17H,3-5,8,10H2,1-2H3. The Hall–Kier alpha value is -1.10. The van der Waals surface area contributed by atoms with Crippen molar-refractivity contribution in [2.75, 3.05) is 19.8 Å². The van der Waals surface area contributed by atoms with E-state index in [1.54, 1.807) is 6.07 Å². The molecule has 0 spiro atoms. The fourth-order valence-corrected chi connectivity index (χ4v) is 2.59. The van der Waals surface area contributed by atoms with Crippen molar-refractivity contribution in [1.29, 1.82) is 0 Å². The molecule has 2 N–H and O–H groups in total. The van der Waals surface area contributed by atoms with Gasteiger partial charge in [0.25, 0.3) is 0 Å². The van der Waals surface area contributed by atoms with E-state index in [1.807, 2.05) is 26.0 Å². The number of phenolic OH excluding ortho intramolecular Hbond substituents is 1. The third kappa shape index (κ3) is 3.69. The van der Waals surface area contributed by atoms with E-state index in [0.29, 0.717) is 31.5 Å². The molecule has 0 radical (unpaired) electrons. The molecule has 0 aromatic heterocycles. The molecule has 0 fully saturated rings. The number of aromatic hydroxyl groups is 1. The van der Waals surface area contributed by atoms with E-state index in [9.17, 15) is 5.11 Å². The molecular weight excluding hydrogens is 242 g/mol. The van der Waals surface area contributed by atoms with Crippen LogP contribution >= 0.6 is 0 Å². The molecule has 106 valence electrons. The predicted molar refractivity (Wildman–Crippen MR) is 74.2 cm³/mol. The molecule has 0 aliphatic heterocycles. The molecular formula is C15H23NO3. The Bertz CT molecular complexity index is 402. The van der Waals surface area contributed by atoms with Crippen LogP contribution in [0.5, 0.6) is 5.75 Å². The highest BCUT2D eigenvalue weighted by Crippen LogP contribution is 2.33. The van der Waals surface area contributed by atoms with Gasteiger partial charge in [0, 0.05) is 25.8 Å². The van der Waals surface area contributed by atoms with E-state index in [0.717, 1.165) is 12.8 Å². The third-order valence-corrected chi connectivity index (χ3v) is 3.44. The van der Waals surface area contributed by atoms with Crippen molar-refractivity contribution in [2.24, 2.45) is 0 Å². The fraction of sp³-hybridized carbons (Fsp3) is 0.600. The summed E-state index contributed by atoms with van der Waals surface area (Å²) in [4.78, 5) is 0. The predicted octanol–water partition coefficient (Wildman–Crippen LogP) is 2.37. The highest BCUT2D eigenvalue weighted by molar-refractivity contribution is 5.39. The van der Waals surface area contributed by atoms with Crippen molar-refractivity contribution in [2.45, 2.75) is 39.0 Å². The fourth-order valence-electron chi connectivity index (χ4n) is 2.59. The first-order chi connectivity index (χ1) is 9.24. The summed E-state index contributed by atoms with van der Waals surface area (Å²) in [6, 6.07) is 5.95. The van der Waals surface area contributed by atoms with Crippen LogP contribution in [0.1, 0.15) is 37.4 Å². The van der Waals surface area contributed by atoms with E-state index in [-0.39, 0.29) is 6.29 Å². The van der Waals surface area contributed by atoms with Gasteiger partial charge in [0.1, 0.15) is 5.75 Å². The maximum Gasteiger partial charge on any atom is 0.169 e. The van der Waals surface area contributed by atoms with E-state index >= 15 is 0 Å². The van der Waals surface area contributed by atoms with Gasteiger partial charge >= 0.3 is 0 Å². The van der Waals surface area contributed by atoms with E-state index in [1.165, 1.54) is 11.1 Å². The van der Waals surface area contributed by atoms with Crippen LogP contribution in [0.3, 0.4) is 0 Å². The Morgan fingerprint density at radius 1 is 1.32 bits per heavy atom. The SMILES string of the molecule is CCOC(CNC1CCc2cc(O)ccc21)OCC. The van der Waals surface area contributed by atoms with Gasteiger partial charge in [-0.2, -0.15) is 0 Å². The third-order valence-electron chi connectivity index (χ3n) is 3.44. The molecule has 1 aliphatic carbocycles. The van der Waals surface area contributed by atoms with E-state index < -0.39 is 0 Å². The summed E-state index contributed by atoms with van der Waals surface area (Å²) in [7, 11) is 0. The first kappa shape index (κ1) is 14.3. The summed E-state index contributed by atoms with van der Waals surface area (Å²) in [5.74, 6) is 0.348. The average Bonchev–Trinajstić information content (AvgIpc) is 2.78. The van der Waals surface area contributed by atoms with Crippen molar-refractivity contribution in [3.63, 3.8) is 0 Å². The number of rotatable bonds is 7. The minimum Gasteiger partial charge on any atom is -0.508 e. The van der Waals surface area contributed by atoms with Gasteiger partial charge in [-0.15, -0.1) is 0 Å². The first-order valence-corrected chi connectivity index (χ1v) is 7.03. The number of hydrogen-bond donors (Lipinski definition) is 2. The lowest BCUT2D eigenvalue weighted by atomic mass is 10.1. The van der Waals surface area contributed by atoms with Crippen LogP contribution in [0.15, 0.2) is 18.2 Å². The van der Waals surface area contributed by atoms with Gasteiger partial charge in [0.2, 0.25) is 0 Å². The molecule has 19 heavy (non-hydrogen) atoms. The zero-order valence-corrected chi connectivity index (χ0v) is 11.7. The summed E-state index contributed by atoms with van der Waals surface area (Å²) < 4.78 is 11.0. The summed E-state index contributed by atoms with van der Waals surface area (Å²) in [5.41, 5.74) is 2.52. The maximum atomic E-state index is 9.48. The second-order valence-electron chi connectivity index (χ2n) is 4.72. The van der Waals surface area contributed by atoms with Crippen molar-refractivity contribution in [3.05, 3.63) is 29.3 Å². The first-order valence-electron chi connectivity index (χ1n) is 7.03. The number of aryl methyl sites for hydroxylation is 1. The molecule has 1 atom stereocenters. The largest absolute Gasteiger partial charge is 0.508 e. The normalized spacial score (nSPS) is 17.9. The molecule has 0 amide bonds. The van der Waals surface area contributed by atoms with Gasteiger partial charge in [-0.25, -0.2) is 0 Å². The zero-order valence-electron chi connectivity index (χ0n) is 11.7. The number of fused-ring (bicyclic) bond motifs is 1. The molecule has 0 saturated carbocycles. The minimum atomic E-state index is -0.184. The Balaban J connectivity index is 1.91. The Morgan fingerprint density at radius 3 is 2.74 bits per heavy atom. The van der Waals surface area contributed by atoms with Crippen LogP contribution in [0, 0.1) is 0 Å². The van der Waals surface area contributed by atoms with Crippen molar-refractivity contribution < 1.29 is 14.6 Å². The van der Waals surface area contributed by atoms with Crippen molar-refractivity contribution in [1.82, 2.24) is 5.32 Å². The molecule has 4 heteroatoms. The Labute approximate surface area is 114 Å². The smallest absolute Gasteiger partial charge is 0.169 e. The van der Waals surface area contributed by atoms with Gasteiger partial charge in [0.15, 0.2) is 6.29 Å². The van der Waals surface area contributed by atoms with Crippen LogP contribution in [0.2, 0.25) is 0 Å². The van der Waals surface area contributed by atoms with Crippen molar-refractivity contribution in [3.8, 4) is 5.75 Å². The molecule has 0 bridgehead atoms. The molecule has 4 nitrogen and oxygen atoms in total. The lowest BCUT2D eigenvalue weighted by molar-refractivity contribution is -0.133. The highest BCUT2D eigenvalue weighted by Gasteiger charge is 2.23. The summed E-state index contributed by atoms with van der Waals surface area (Å²) in [5, 5.41) is 13.0. The topological polar surface area (TPSA) is 50.7 Å². The van der Waals surface area contributed by atoms with Gasteiger partial charge in [-0.3, -0.25) is 0 Å². The summed E-state index contributed by atoms with van der Waals surface area (Å²) in [6.07, 6.45) is 1.88. The summed E-state index contributed by atoms with van der Waals surface area (Å²) in [6.45, 7) is 5.94. The molecule has 0 heterocycles. The molecule has 1 aromatic carbocycles. The molecule has 1 aromatic rings. The quantitative estimate of drug-likeness (QED) is 0.743. The maximum absolute atomic E-state index is 9.48. The number of phenols is 1.